The van der Waals surface area contributed by atoms with Gasteiger partial charge in [-0.15, -0.1) is 0 Å². The average molecular weight is 293 g/mol. The monoisotopic (exact) mass is 293 g/mol. The van der Waals surface area contributed by atoms with E-state index in [9.17, 15) is 4.79 Å². The summed E-state index contributed by atoms with van der Waals surface area (Å²) in [5.41, 5.74) is 0.861. The molecule has 0 aliphatic rings. The van der Waals surface area contributed by atoms with E-state index in [2.05, 4.69) is 19.2 Å². The Labute approximate surface area is 127 Å². The average Bonchev–Trinajstić information content (AvgIpc) is 2.51. The van der Waals surface area contributed by atoms with Crippen LogP contribution in [0.25, 0.3) is 0 Å². The minimum absolute atomic E-state index is 0.0707. The van der Waals surface area contributed by atoms with Crippen LogP contribution in [-0.2, 0) is 14.9 Å². The molecule has 1 N–H and O–H groups in total. The van der Waals surface area contributed by atoms with Gasteiger partial charge in [0.05, 0.1) is 7.11 Å². The number of ether oxygens (including phenoxy) is 2. The summed E-state index contributed by atoms with van der Waals surface area (Å²) in [6.07, 6.45) is 2.16. The number of nitrogens with one attached hydrogen (secondary N) is 1. The van der Waals surface area contributed by atoms with Gasteiger partial charge in [0.25, 0.3) is 0 Å². The van der Waals surface area contributed by atoms with Gasteiger partial charge in [-0.3, -0.25) is 4.79 Å². The molecule has 0 fully saturated rings. The third kappa shape index (κ3) is 5.05. The van der Waals surface area contributed by atoms with E-state index in [1.165, 1.54) is 0 Å². The molecule has 1 aromatic rings. The van der Waals surface area contributed by atoms with Gasteiger partial charge in [-0.2, -0.15) is 0 Å². The Morgan fingerprint density at radius 1 is 1.29 bits per heavy atom. The van der Waals surface area contributed by atoms with E-state index in [4.69, 9.17) is 9.47 Å². The Balaban J connectivity index is 2.73. The second-order valence-corrected chi connectivity index (χ2v) is 5.49. The first-order valence-electron chi connectivity index (χ1n) is 7.46. The fraction of sp³-hybridized carbons (Fsp3) is 0.588. The van der Waals surface area contributed by atoms with Crippen molar-refractivity contribution in [2.24, 2.45) is 0 Å². The minimum Gasteiger partial charge on any atom is -0.496 e. The number of hydrogen-bond acceptors (Lipinski definition) is 3. The predicted octanol–water partition coefficient (Wildman–Crippen LogP) is 2.91. The SMILES string of the molecule is CCC(C)(CC(=O)NCCCOC)c1ccccc1OC. The van der Waals surface area contributed by atoms with Crippen LogP contribution < -0.4 is 10.1 Å². The standard InChI is InChI=1S/C17H27NO3/c1-5-17(2,13-16(19)18-11-8-12-20-3)14-9-6-7-10-15(14)21-4/h6-7,9-10H,5,8,11-13H2,1-4H3,(H,18,19). The second kappa shape index (κ2) is 8.67. The number of methoxy groups -OCH3 is 2. The van der Waals surface area contributed by atoms with Crippen molar-refractivity contribution in [3.63, 3.8) is 0 Å². The van der Waals surface area contributed by atoms with E-state index in [1.54, 1.807) is 14.2 Å². The molecule has 21 heavy (non-hydrogen) atoms. The van der Waals surface area contributed by atoms with Crippen molar-refractivity contribution in [3.8, 4) is 5.75 Å². The molecule has 1 aromatic carbocycles. The lowest BCUT2D eigenvalue weighted by Crippen LogP contribution is -2.33. The van der Waals surface area contributed by atoms with Gasteiger partial charge in [-0.25, -0.2) is 0 Å². The largest absolute Gasteiger partial charge is 0.496 e. The highest BCUT2D eigenvalue weighted by molar-refractivity contribution is 5.77. The van der Waals surface area contributed by atoms with Crippen LogP contribution in [-0.4, -0.2) is 33.3 Å². The summed E-state index contributed by atoms with van der Waals surface area (Å²) < 4.78 is 10.4. The molecule has 0 aliphatic heterocycles. The topological polar surface area (TPSA) is 47.6 Å². The van der Waals surface area contributed by atoms with Crippen molar-refractivity contribution in [3.05, 3.63) is 29.8 Å². The van der Waals surface area contributed by atoms with E-state index >= 15 is 0 Å². The van der Waals surface area contributed by atoms with Crippen LogP contribution in [0, 0.1) is 0 Å². The highest BCUT2D eigenvalue weighted by Gasteiger charge is 2.30. The second-order valence-electron chi connectivity index (χ2n) is 5.49. The first-order valence-corrected chi connectivity index (χ1v) is 7.46. The van der Waals surface area contributed by atoms with Gasteiger partial charge in [0.1, 0.15) is 5.75 Å². The van der Waals surface area contributed by atoms with E-state index < -0.39 is 0 Å². The van der Waals surface area contributed by atoms with Gasteiger partial charge in [0, 0.05) is 37.7 Å². The Kier molecular flexibility index (Phi) is 7.23. The van der Waals surface area contributed by atoms with Gasteiger partial charge in [-0.05, 0) is 18.9 Å². The molecular weight excluding hydrogens is 266 g/mol. The minimum atomic E-state index is -0.224. The van der Waals surface area contributed by atoms with Crippen molar-refractivity contribution in [2.45, 2.75) is 38.5 Å². The first-order chi connectivity index (χ1) is 10.1. The third-order valence-electron chi connectivity index (χ3n) is 3.94. The molecule has 0 saturated carbocycles. The molecule has 1 amide bonds. The molecule has 0 heterocycles. The molecule has 0 spiro atoms. The molecule has 4 heteroatoms. The predicted molar refractivity (Wildman–Crippen MR) is 84.8 cm³/mol. The normalized spacial score (nSPS) is 13.5. The van der Waals surface area contributed by atoms with Crippen LogP contribution in [0.3, 0.4) is 0 Å². The van der Waals surface area contributed by atoms with E-state index in [0.29, 0.717) is 19.6 Å². The van der Waals surface area contributed by atoms with Crippen molar-refractivity contribution in [1.82, 2.24) is 5.32 Å². The molecule has 0 bridgehead atoms. The van der Waals surface area contributed by atoms with E-state index in [-0.39, 0.29) is 11.3 Å². The molecule has 118 valence electrons. The van der Waals surface area contributed by atoms with Crippen molar-refractivity contribution >= 4 is 5.91 Å². The number of para-hydroxylation sites is 1. The zero-order valence-electron chi connectivity index (χ0n) is 13.6. The molecule has 1 rings (SSSR count). The zero-order chi connectivity index (χ0) is 15.7. The van der Waals surface area contributed by atoms with Gasteiger partial charge < -0.3 is 14.8 Å². The Hall–Kier alpha value is -1.55. The molecular formula is C17H27NO3. The molecule has 1 unspecified atom stereocenters. The lowest BCUT2D eigenvalue weighted by Gasteiger charge is -2.29. The summed E-state index contributed by atoms with van der Waals surface area (Å²) in [5, 5.41) is 2.95. The van der Waals surface area contributed by atoms with Crippen LogP contribution in [0.15, 0.2) is 24.3 Å². The number of benzene rings is 1. The van der Waals surface area contributed by atoms with Crippen LogP contribution in [0.4, 0.5) is 0 Å². The molecule has 0 aromatic heterocycles. The van der Waals surface area contributed by atoms with Crippen LogP contribution in [0.2, 0.25) is 0 Å². The highest BCUT2D eigenvalue weighted by atomic mass is 16.5. The van der Waals surface area contributed by atoms with Crippen molar-refractivity contribution < 1.29 is 14.3 Å². The molecule has 0 aliphatic carbocycles. The van der Waals surface area contributed by atoms with Crippen molar-refractivity contribution in [2.75, 3.05) is 27.4 Å². The number of rotatable bonds is 9. The van der Waals surface area contributed by atoms with Crippen LogP contribution in [0.1, 0.15) is 38.7 Å². The first kappa shape index (κ1) is 17.5. The number of amides is 1. The van der Waals surface area contributed by atoms with E-state index in [1.807, 2.05) is 24.3 Å². The maximum absolute atomic E-state index is 12.2. The summed E-state index contributed by atoms with van der Waals surface area (Å²) in [4.78, 5) is 12.2. The van der Waals surface area contributed by atoms with E-state index in [0.717, 1.165) is 24.2 Å². The molecule has 0 radical (unpaired) electrons. The number of carbonyl (C=O) groups is 1. The van der Waals surface area contributed by atoms with Gasteiger partial charge in [0.2, 0.25) is 5.91 Å². The Bertz CT molecular complexity index is 447. The smallest absolute Gasteiger partial charge is 0.220 e. The van der Waals surface area contributed by atoms with Gasteiger partial charge >= 0.3 is 0 Å². The van der Waals surface area contributed by atoms with Gasteiger partial charge in [0.15, 0.2) is 0 Å². The summed E-state index contributed by atoms with van der Waals surface area (Å²) in [5.74, 6) is 0.912. The Morgan fingerprint density at radius 2 is 2.00 bits per heavy atom. The maximum Gasteiger partial charge on any atom is 0.220 e. The zero-order valence-corrected chi connectivity index (χ0v) is 13.6. The van der Waals surface area contributed by atoms with Crippen LogP contribution >= 0.6 is 0 Å². The summed E-state index contributed by atoms with van der Waals surface area (Å²) in [6.45, 7) is 5.53. The summed E-state index contributed by atoms with van der Waals surface area (Å²) in [7, 11) is 3.33. The molecule has 4 nitrogen and oxygen atoms in total. The summed E-state index contributed by atoms with van der Waals surface area (Å²) >= 11 is 0. The van der Waals surface area contributed by atoms with Crippen molar-refractivity contribution in [1.29, 1.82) is 0 Å². The number of hydrogen-bond donors (Lipinski definition) is 1. The lowest BCUT2D eigenvalue weighted by atomic mass is 9.76. The maximum atomic E-state index is 12.2. The molecule has 1 atom stereocenters. The quantitative estimate of drug-likeness (QED) is 0.712. The fourth-order valence-corrected chi connectivity index (χ4v) is 2.42. The fourth-order valence-electron chi connectivity index (χ4n) is 2.42. The lowest BCUT2D eigenvalue weighted by molar-refractivity contribution is -0.122. The van der Waals surface area contributed by atoms with Crippen LogP contribution in [0.5, 0.6) is 5.75 Å². The highest BCUT2D eigenvalue weighted by Crippen LogP contribution is 2.37. The molecule has 0 saturated heterocycles. The third-order valence-corrected chi connectivity index (χ3v) is 3.94. The van der Waals surface area contributed by atoms with Gasteiger partial charge in [-0.1, -0.05) is 32.0 Å². The summed E-state index contributed by atoms with van der Waals surface area (Å²) in [6, 6.07) is 7.92. The number of carbonyl (C=O) groups excluding carboxylic acids is 1. The Morgan fingerprint density at radius 3 is 2.62 bits per heavy atom.